The fraction of sp³-hybridized carbons (Fsp3) is 0.176. The normalized spacial score (nSPS) is 11.3. The van der Waals surface area contributed by atoms with E-state index in [4.69, 9.17) is 4.74 Å². The van der Waals surface area contributed by atoms with E-state index in [0.717, 1.165) is 10.8 Å². The van der Waals surface area contributed by atoms with Crippen LogP contribution in [0.4, 0.5) is 0 Å². The van der Waals surface area contributed by atoms with Gasteiger partial charge in [0.25, 0.3) is 0 Å². The third kappa shape index (κ3) is 3.44. The van der Waals surface area contributed by atoms with Crippen LogP contribution in [0.3, 0.4) is 0 Å². The summed E-state index contributed by atoms with van der Waals surface area (Å²) >= 11 is 0. The fourth-order valence-electron chi connectivity index (χ4n) is 2.19. The standard InChI is InChI=1S/C17H17NO4/c1-3-22-16-9-8-12-6-4-5-7-13(12)14(16)10-15(17(20)21)18-11(2)19/h4-10H,3H2,1-2H3,(H,18,19)(H,20,21)/b15-10-. The molecule has 0 fully saturated rings. The van der Waals surface area contributed by atoms with Crippen LogP contribution < -0.4 is 10.1 Å². The number of rotatable bonds is 5. The smallest absolute Gasteiger partial charge is 0.352 e. The number of nitrogens with one attached hydrogen (secondary N) is 1. The molecule has 2 N–H and O–H groups in total. The van der Waals surface area contributed by atoms with Gasteiger partial charge in [0, 0.05) is 12.5 Å². The van der Waals surface area contributed by atoms with Gasteiger partial charge in [-0.15, -0.1) is 0 Å². The Morgan fingerprint density at radius 1 is 1.23 bits per heavy atom. The van der Waals surface area contributed by atoms with Gasteiger partial charge in [0.2, 0.25) is 5.91 Å². The number of fused-ring (bicyclic) bond motifs is 1. The van der Waals surface area contributed by atoms with Gasteiger partial charge in [0.15, 0.2) is 0 Å². The highest BCUT2D eigenvalue weighted by Crippen LogP contribution is 2.30. The molecule has 0 radical (unpaired) electrons. The van der Waals surface area contributed by atoms with Crippen LogP contribution in [0.1, 0.15) is 19.4 Å². The number of amides is 1. The minimum Gasteiger partial charge on any atom is -0.493 e. The maximum Gasteiger partial charge on any atom is 0.352 e. The van der Waals surface area contributed by atoms with Crippen molar-refractivity contribution < 1.29 is 19.4 Å². The summed E-state index contributed by atoms with van der Waals surface area (Å²) < 4.78 is 5.58. The van der Waals surface area contributed by atoms with Gasteiger partial charge < -0.3 is 15.2 Å². The number of hydrogen-bond acceptors (Lipinski definition) is 3. The highest BCUT2D eigenvalue weighted by molar-refractivity contribution is 6.01. The second-order valence-corrected chi connectivity index (χ2v) is 4.68. The molecule has 0 aliphatic rings. The first-order valence-electron chi connectivity index (χ1n) is 6.90. The average Bonchev–Trinajstić information content (AvgIpc) is 2.48. The van der Waals surface area contributed by atoms with Gasteiger partial charge >= 0.3 is 5.97 Å². The van der Waals surface area contributed by atoms with E-state index in [1.165, 1.54) is 13.0 Å². The highest BCUT2D eigenvalue weighted by Gasteiger charge is 2.13. The van der Waals surface area contributed by atoms with Crippen LogP contribution in [0.2, 0.25) is 0 Å². The maximum absolute atomic E-state index is 11.3. The molecule has 2 aromatic rings. The first-order valence-corrected chi connectivity index (χ1v) is 6.90. The van der Waals surface area contributed by atoms with Crippen LogP contribution in [0.25, 0.3) is 16.8 Å². The Bertz CT molecular complexity index is 749. The van der Waals surface area contributed by atoms with Crippen molar-refractivity contribution in [3.8, 4) is 5.75 Å². The first-order chi connectivity index (χ1) is 10.5. The van der Waals surface area contributed by atoms with Gasteiger partial charge in [0.1, 0.15) is 11.4 Å². The lowest BCUT2D eigenvalue weighted by Gasteiger charge is -2.12. The van der Waals surface area contributed by atoms with E-state index in [2.05, 4.69) is 5.32 Å². The zero-order valence-electron chi connectivity index (χ0n) is 12.4. The molecule has 0 unspecified atom stereocenters. The summed E-state index contributed by atoms with van der Waals surface area (Å²) in [6.07, 6.45) is 1.43. The third-order valence-corrected chi connectivity index (χ3v) is 3.06. The quantitative estimate of drug-likeness (QED) is 0.832. The average molecular weight is 299 g/mol. The van der Waals surface area contributed by atoms with Crippen LogP contribution in [-0.2, 0) is 9.59 Å². The molecule has 0 atom stereocenters. The molecule has 0 aromatic heterocycles. The Kier molecular flexibility index (Phi) is 4.78. The lowest BCUT2D eigenvalue weighted by atomic mass is 10.0. The minimum absolute atomic E-state index is 0.190. The molecule has 0 heterocycles. The van der Waals surface area contributed by atoms with E-state index in [0.29, 0.717) is 17.9 Å². The monoisotopic (exact) mass is 299 g/mol. The predicted molar refractivity (Wildman–Crippen MR) is 84.5 cm³/mol. The molecule has 1 amide bonds. The van der Waals surface area contributed by atoms with E-state index in [1.807, 2.05) is 37.3 Å². The molecular formula is C17H17NO4. The van der Waals surface area contributed by atoms with Gasteiger partial charge in [-0.05, 0) is 29.8 Å². The van der Waals surface area contributed by atoms with Crippen molar-refractivity contribution in [2.75, 3.05) is 6.61 Å². The Labute approximate surface area is 128 Å². The molecule has 5 heteroatoms. The van der Waals surface area contributed by atoms with Crippen molar-refractivity contribution in [2.45, 2.75) is 13.8 Å². The molecule has 114 valence electrons. The van der Waals surface area contributed by atoms with Crippen LogP contribution in [0.5, 0.6) is 5.75 Å². The topological polar surface area (TPSA) is 75.6 Å². The lowest BCUT2D eigenvalue weighted by Crippen LogP contribution is -2.24. The van der Waals surface area contributed by atoms with Crippen LogP contribution in [0.15, 0.2) is 42.1 Å². The Morgan fingerprint density at radius 2 is 1.95 bits per heavy atom. The van der Waals surface area contributed by atoms with Gasteiger partial charge in [-0.25, -0.2) is 4.79 Å². The van der Waals surface area contributed by atoms with Gasteiger partial charge in [-0.3, -0.25) is 4.79 Å². The SMILES string of the molecule is CCOc1ccc2ccccc2c1/C=C(\NC(C)=O)C(=O)O. The Morgan fingerprint density at radius 3 is 2.59 bits per heavy atom. The van der Waals surface area contributed by atoms with E-state index in [-0.39, 0.29) is 5.70 Å². The van der Waals surface area contributed by atoms with Crippen LogP contribution in [-0.4, -0.2) is 23.6 Å². The molecular weight excluding hydrogens is 282 g/mol. The molecule has 2 aromatic carbocycles. The summed E-state index contributed by atoms with van der Waals surface area (Å²) in [7, 11) is 0. The number of carboxylic acid groups (broad SMARTS) is 1. The summed E-state index contributed by atoms with van der Waals surface area (Å²) in [5, 5.41) is 13.4. The number of carbonyl (C=O) groups excluding carboxylic acids is 1. The van der Waals surface area contributed by atoms with Crippen LogP contribution in [0, 0.1) is 0 Å². The number of hydrogen-bond donors (Lipinski definition) is 2. The summed E-state index contributed by atoms with van der Waals surface area (Å²) in [4.78, 5) is 22.5. The minimum atomic E-state index is -1.20. The molecule has 0 bridgehead atoms. The number of ether oxygens (including phenoxy) is 1. The van der Waals surface area contributed by atoms with E-state index < -0.39 is 11.9 Å². The van der Waals surface area contributed by atoms with Crippen LogP contribution >= 0.6 is 0 Å². The fourth-order valence-corrected chi connectivity index (χ4v) is 2.19. The summed E-state index contributed by atoms with van der Waals surface area (Å²) in [6.45, 7) is 3.58. The maximum atomic E-state index is 11.3. The second-order valence-electron chi connectivity index (χ2n) is 4.68. The highest BCUT2D eigenvalue weighted by atomic mass is 16.5. The number of carboxylic acids is 1. The van der Waals surface area contributed by atoms with Crippen molar-refractivity contribution >= 4 is 28.7 Å². The number of benzene rings is 2. The van der Waals surface area contributed by atoms with Gasteiger partial charge in [-0.1, -0.05) is 30.3 Å². The molecule has 0 saturated heterocycles. The van der Waals surface area contributed by atoms with E-state index >= 15 is 0 Å². The second kappa shape index (κ2) is 6.76. The molecule has 0 saturated carbocycles. The molecule has 2 rings (SSSR count). The zero-order chi connectivity index (χ0) is 16.1. The third-order valence-electron chi connectivity index (χ3n) is 3.06. The molecule has 0 aliphatic carbocycles. The summed E-state index contributed by atoms with van der Waals surface area (Å²) in [5.74, 6) is -1.07. The van der Waals surface area contributed by atoms with E-state index in [9.17, 15) is 14.7 Å². The predicted octanol–water partition coefficient (Wildman–Crippen LogP) is 2.80. The Hall–Kier alpha value is -2.82. The lowest BCUT2D eigenvalue weighted by molar-refractivity contribution is -0.134. The molecule has 5 nitrogen and oxygen atoms in total. The number of carbonyl (C=O) groups is 2. The van der Waals surface area contributed by atoms with Crippen molar-refractivity contribution in [3.05, 3.63) is 47.7 Å². The Balaban J connectivity index is 2.66. The largest absolute Gasteiger partial charge is 0.493 e. The molecule has 0 spiro atoms. The van der Waals surface area contributed by atoms with Gasteiger partial charge in [0.05, 0.1) is 6.61 Å². The van der Waals surface area contributed by atoms with Crippen molar-refractivity contribution in [3.63, 3.8) is 0 Å². The molecule has 22 heavy (non-hydrogen) atoms. The van der Waals surface area contributed by atoms with Gasteiger partial charge in [-0.2, -0.15) is 0 Å². The van der Waals surface area contributed by atoms with Crippen molar-refractivity contribution in [2.24, 2.45) is 0 Å². The number of aliphatic carboxylic acids is 1. The first kappa shape index (κ1) is 15.6. The van der Waals surface area contributed by atoms with Crippen molar-refractivity contribution in [1.82, 2.24) is 5.32 Å². The van der Waals surface area contributed by atoms with E-state index in [1.54, 1.807) is 6.07 Å². The molecule has 0 aliphatic heterocycles. The van der Waals surface area contributed by atoms with Crippen molar-refractivity contribution in [1.29, 1.82) is 0 Å². The summed E-state index contributed by atoms with van der Waals surface area (Å²) in [6, 6.07) is 11.3. The summed E-state index contributed by atoms with van der Waals surface area (Å²) in [5.41, 5.74) is 0.441. The zero-order valence-corrected chi connectivity index (χ0v) is 12.4.